The fourth-order valence-electron chi connectivity index (χ4n) is 2.75. The van der Waals surface area contributed by atoms with Crippen LogP contribution < -0.4 is 10.1 Å². The number of nitrogens with zero attached hydrogens (tertiary/aromatic N) is 2. The van der Waals surface area contributed by atoms with Gasteiger partial charge in [0.15, 0.2) is 9.47 Å². The van der Waals surface area contributed by atoms with Crippen LogP contribution in [0, 0.1) is 0 Å². The molecule has 0 spiro atoms. The summed E-state index contributed by atoms with van der Waals surface area (Å²) in [5.41, 5.74) is 1.83. The van der Waals surface area contributed by atoms with Gasteiger partial charge in [0.25, 0.3) is 0 Å². The minimum atomic E-state index is -0.223. The van der Waals surface area contributed by atoms with Gasteiger partial charge in [0.05, 0.1) is 32.3 Å². The molecule has 0 saturated heterocycles. The standard InChI is InChI=1S/C20H19N3O2S3/c1-3-15(18(24)23-19-21-13-7-5-6-8-16(13)26-19)27-20-22-14-10-9-12(25-4-2)11-17(14)28-20/h5-11,15H,3-4H2,1-2H3,(H,21,23,24). The first kappa shape index (κ1) is 19.2. The van der Waals surface area contributed by atoms with Crippen LogP contribution in [-0.2, 0) is 4.79 Å². The molecule has 1 unspecified atom stereocenters. The Balaban J connectivity index is 1.48. The molecule has 2 aromatic heterocycles. The number of rotatable bonds is 7. The van der Waals surface area contributed by atoms with Crippen LogP contribution in [0.3, 0.4) is 0 Å². The van der Waals surface area contributed by atoms with Crippen LogP contribution in [-0.4, -0.2) is 27.7 Å². The van der Waals surface area contributed by atoms with Crippen LogP contribution in [0.4, 0.5) is 5.13 Å². The lowest BCUT2D eigenvalue weighted by atomic mass is 10.3. The molecule has 2 heterocycles. The highest BCUT2D eigenvalue weighted by Crippen LogP contribution is 2.35. The summed E-state index contributed by atoms with van der Waals surface area (Å²) in [5, 5.41) is 3.38. The van der Waals surface area contributed by atoms with Crippen molar-refractivity contribution in [2.45, 2.75) is 29.9 Å². The molecule has 0 fully saturated rings. The molecule has 0 radical (unpaired) electrons. The molecule has 8 heteroatoms. The normalized spacial score (nSPS) is 12.4. The summed E-state index contributed by atoms with van der Waals surface area (Å²) in [6.07, 6.45) is 0.710. The van der Waals surface area contributed by atoms with Crippen LogP contribution in [0.1, 0.15) is 20.3 Å². The second kappa shape index (κ2) is 8.46. The van der Waals surface area contributed by atoms with E-state index in [9.17, 15) is 4.79 Å². The van der Waals surface area contributed by atoms with Crippen LogP contribution in [0.5, 0.6) is 5.75 Å². The van der Waals surface area contributed by atoms with Gasteiger partial charge in [0.1, 0.15) is 5.75 Å². The molecule has 4 aromatic rings. The molecule has 5 nitrogen and oxygen atoms in total. The second-order valence-corrected chi connectivity index (χ2v) is 9.54. The van der Waals surface area contributed by atoms with Crippen LogP contribution in [0.2, 0.25) is 0 Å². The highest BCUT2D eigenvalue weighted by atomic mass is 32.2. The fraction of sp³-hybridized carbons (Fsp3) is 0.250. The first-order valence-electron chi connectivity index (χ1n) is 9.02. The van der Waals surface area contributed by atoms with Gasteiger partial charge >= 0.3 is 0 Å². The third kappa shape index (κ3) is 4.14. The Morgan fingerprint density at radius 1 is 1.11 bits per heavy atom. The minimum Gasteiger partial charge on any atom is -0.494 e. The van der Waals surface area contributed by atoms with Gasteiger partial charge in [-0.05, 0) is 43.7 Å². The number of benzene rings is 2. The van der Waals surface area contributed by atoms with E-state index in [-0.39, 0.29) is 11.2 Å². The molecule has 0 bridgehead atoms. The van der Waals surface area contributed by atoms with E-state index >= 15 is 0 Å². The van der Waals surface area contributed by atoms with E-state index < -0.39 is 0 Å². The van der Waals surface area contributed by atoms with Crippen molar-refractivity contribution in [1.29, 1.82) is 0 Å². The number of fused-ring (bicyclic) bond motifs is 2. The zero-order chi connectivity index (χ0) is 19.5. The number of carbonyl (C=O) groups is 1. The Bertz CT molecular complexity index is 1090. The van der Waals surface area contributed by atoms with E-state index in [0.29, 0.717) is 18.2 Å². The van der Waals surface area contributed by atoms with Gasteiger partial charge in [0, 0.05) is 0 Å². The van der Waals surface area contributed by atoms with E-state index in [1.807, 2.05) is 56.3 Å². The zero-order valence-corrected chi connectivity index (χ0v) is 17.9. The first-order valence-corrected chi connectivity index (χ1v) is 11.5. The second-order valence-electron chi connectivity index (χ2n) is 6.03. The summed E-state index contributed by atoms with van der Waals surface area (Å²) < 4.78 is 8.57. The van der Waals surface area contributed by atoms with Gasteiger partial charge < -0.3 is 10.1 Å². The predicted octanol–water partition coefficient (Wildman–Crippen LogP) is 5.81. The van der Waals surface area contributed by atoms with E-state index in [0.717, 1.165) is 30.5 Å². The van der Waals surface area contributed by atoms with Gasteiger partial charge in [-0.2, -0.15) is 0 Å². The smallest absolute Gasteiger partial charge is 0.239 e. The summed E-state index contributed by atoms with van der Waals surface area (Å²) in [6.45, 7) is 4.61. The maximum absolute atomic E-state index is 12.8. The quantitative estimate of drug-likeness (QED) is 0.375. The molecule has 0 aliphatic rings. The number of amides is 1. The van der Waals surface area contributed by atoms with E-state index in [4.69, 9.17) is 4.74 Å². The lowest BCUT2D eigenvalue weighted by Crippen LogP contribution is -2.24. The predicted molar refractivity (Wildman–Crippen MR) is 119 cm³/mol. The zero-order valence-electron chi connectivity index (χ0n) is 15.5. The molecule has 144 valence electrons. The maximum atomic E-state index is 12.8. The number of thiazole rings is 2. The van der Waals surface area contributed by atoms with Crippen molar-refractivity contribution in [3.8, 4) is 5.75 Å². The summed E-state index contributed by atoms with van der Waals surface area (Å²) in [6, 6.07) is 13.8. The SMILES string of the molecule is CCOc1ccc2nc(SC(CC)C(=O)Nc3nc4ccccc4s3)sc2c1. The topological polar surface area (TPSA) is 64.1 Å². The lowest BCUT2D eigenvalue weighted by molar-refractivity contribution is -0.115. The number of thioether (sulfide) groups is 1. The number of aromatic nitrogens is 2. The van der Waals surface area contributed by atoms with Gasteiger partial charge in [-0.3, -0.25) is 4.79 Å². The summed E-state index contributed by atoms with van der Waals surface area (Å²) >= 11 is 4.58. The Morgan fingerprint density at radius 2 is 1.93 bits per heavy atom. The average molecular weight is 430 g/mol. The molecule has 28 heavy (non-hydrogen) atoms. The number of nitrogens with one attached hydrogen (secondary N) is 1. The number of ether oxygens (including phenoxy) is 1. The number of anilines is 1. The van der Waals surface area contributed by atoms with Gasteiger partial charge in [0.2, 0.25) is 5.91 Å². The molecule has 4 rings (SSSR count). The number of carbonyl (C=O) groups excluding carboxylic acids is 1. The Morgan fingerprint density at radius 3 is 2.71 bits per heavy atom. The molecule has 0 aliphatic carbocycles. The maximum Gasteiger partial charge on any atom is 0.239 e. The third-order valence-corrected chi connectivity index (χ3v) is 7.51. The largest absolute Gasteiger partial charge is 0.494 e. The average Bonchev–Trinajstić information content (AvgIpc) is 3.28. The van der Waals surface area contributed by atoms with Crippen LogP contribution in [0.25, 0.3) is 20.4 Å². The van der Waals surface area contributed by atoms with E-state index in [2.05, 4.69) is 15.3 Å². The van der Waals surface area contributed by atoms with Gasteiger partial charge in [-0.15, -0.1) is 11.3 Å². The Labute approximate surface area is 175 Å². The van der Waals surface area contributed by atoms with Crippen molar-refractivity contribution in [3.63, 3.8) is 0 Å². The number of para-hydroxylation sites is 1. The van der Waals surface area contributed by atoms with Gasteiger partial charge in [-0.25, -0.2) is 9.97 Å². The third-order valence-electron chi connectivity index (χ3n) is 4.08. The highest BCUT2D eigenvalue weighted by molar-refractivity contribution is 8.02. The molecular weight excluding hydrogens is 410 g/mol. The lowest BCUT2D eigenvalue weighted by Gasteiger charge is -2.11. The summed E-state index contributed by atoms with van der Waals surface area (Å²) in [7, 11) is 0. The molecular formula is C20H19N3O2S3. The van der Waals surface area contributed by atoms with Crippen molar-refractivity contribution < 1.29 is 9.53 Å². The van der Waals surface area contributed by atoms with Crippen LogP contribution >= 0.6 is 34.4 Å². The van der Waals surface area contributed by atoms with E-state index in [1.54, 1.807) is 11.3 Å². The molecule has 0 saturated carbocycles. The summed E-state index contributed by atoms with van der Waals surface area (Å²) in [4.78, 5) is 21.9. The van der Waals surface area contributed by atoms with Crippen LogP contribution in [0.15, 0.2) is 46.8 Å². The molecule has 1 N–H and O–H groups in total. The van der Waals surface area contributed by atoms with E-state index in [1.165, 1.54) is 23.1 Å². The molecule has 0 aliphatic heterocycles. The minimum absolute atomic E-state index is 0.0409. The van der Waals surface area contributed by atoms with Crippen molar-refractivity contribution >= 4 is 65.9 Å². The highest BCUT2D eigenvalue weighted by Gasteiger charge is 2.21. The number of hydrogen-bond acceptors (Lipinski definition) is 7. The van der Waals surface area contributed by atoms with Crippen molar-refractivity contribution in [2.24, 2.45) is 0 Å². The molecule has 2 aromatic carbocycles. The summed E-state index contributed by atoms with van der Waals surface area (Å²) in [5.74, 6) is 0.802. The fourth-order valence-corrected chi connectivity index (χ4v) is 5.88. The Kier molecular flexibility index (Phi) is 5.79. The first-order chi connectivity index (χ1) is 13.7. The van der Waals surface area contributed by atoms with Crippen molar-refractivity contribution in [2.75, 3.05) is 11.9 Å². The molecule has 1 atom stereocenters. The van der Waals surface area contributed by atoms with Crippen molar-refractivity contribution in [1.82, 2.24) is 9.97 Å². The Hall–Kier alpha value is -2.16. The number of hydrogen-bond donors (Lipinski definition) is 1. The monoisotopic (exact) mass is 429 g/mol. The molecule has 1 amide bonds. The van der Waals surface area contributed by atoms with Gasteiger partial charge in [-0.1, -0.05) is 42.2 Å². The van der Waals surface area contributed by atoms with Crippen molar-refractivity contribution in [3.05, 3.63) is 42.5 Å².